The number of hydrazine groups is 1. The summed E-state index contributed by atoms with van der Waals surface area (Å²) in [5.41, 5.74) is 8.09. The first-order valence-electron chi connectivity index (χ1n) is 8.66. The molecule has 23 heavy (non-hydrogen) atoms. The van der Waals surface area contributed by atoms with Crippen LogP contribution in [0.4, 0.5) is 0 Å². The number of carbonyl (C=O) groups is 1. The molecule has 1 amide bonds. The van der Waals surface area contributed by atoms with Gasteiger partial charge in [-0.2, -0.15) is 0 Å². The number of rotatable bonds is 6. The van der Waals surface area contributed by atoms with E-state index in [4.69, 9.17) is 4.74 Å². The third kappa shape index (κ3) is 4.31. The Bertz CT molecular complexity index is 502. The van der Waals surface area contributed by atoms with E-state index >= 15 is 0 Å². The summed E-state index contributed by atoms with van der Waals surface area (Å²) in [6.07, 6.45) is 4.84. The zero-order valence-electron chi connectivity index (χ0n) is 13.8. The van der Waals surface area contributed by atoms with Crippen molar-refractivity contribution in [1.82, 2.24) is 15.8 Å². The quantitative estimate of drug-likeness (QED) is 0.843. The van der Waals surface area contributed by atoms with Crippen molar-refractivity contribution in [2.45, 2.75) is 50.3 Å². The van der Waals surface area contributed by atoms with Gasteiger partial charge in [-0.25, -0.2) is 0 Å². The molecular weight excluding hydrogens is 290 g/mol. The molecule has 2 saturated heterocycles. The molecule has 5 heteroatoms. The van der Waals surface area contributed by atoms with Crippen LogP contribution in [0.2, 0.25) is 0 Å². The molecule has 5 nitrogen and oxygen atoms in total. The van der Waals surface area contributed by atoms with Crippen LogP contribution in [-0.4, -0.2) is 43.2 Å². The molecule has 0 aliphatic carbocycles. The van der Waals surface area contributed by atoms with Gasteiger partial charge in [0.05, 0.1) is 0 Å². The fourth-order valence-corrected chi connectivity index (χ4v) is 3.42. The summed E-state index contributed by atoms with van der Waals surface area (Å²) >= 11 is 0. The molecule has 0 bridgehead atoms. The lowest BCUT2D eigenvalue weighted by Gasteiger charge is -2.21. The summed E-state index contributed by atoms with van der Waals surface area (Å²) in [6.45, 7) is 1.52. The van der Waals surface area contributed by atoms with Gasteiger partial charge in [0.15, 0.2) is 0 Å². The molecule has 0 spiro atoms. The van der Waals surface area contributed by atoms with Gasteiger partial charge in [-0.05, 0) is 37.7 Å². The van der Waals surface area contributed by atoms with E-state index in [1.165, 1.54) is 5.56 Å². The Hall–Kier alpha value is -1.43. The molecule has 0 aromatic heterocycles. The largest absolute Gasteiger partial charge is 0.368 e. The fraction of sp³-hybridized carbons (Fsp3) is 0.611. The highest BCUT2D eigenvalue weighted by Crippen LogP contribution is 2.24. The Morgan fingerprint density at radius 2 is 2.13 bits per heavy atom. The first-order chi connectivity index (χ1) is 11.2. The second kappa shape index (κ2) is 7.90. The van der Waals surface area contributed by atoms with Crippen LogP contribution in [0.1, 0.15) is 43.7 Å². The lowest BCUT2D eigenvalue weighted by atomic mass is 10.00. The molecule has 126 valence electrons. The fourth-order valence-electron chi connectivity index (χ4n) is 3.42. The molecule has 2 fully saturated rings. The van der Waals surface area contributed by atoms with Gasteiger partial charge >= 0.3 is 0 Å². The van der Waals surface area contributed by atoms with Crippen LogP contribution in [0.5, 0.6) is 0 Å². The van der Waals surface area contributed by atoms with E-state index in [1.54, 1.807) is 0 Å². The highest BCUT2D eigenvalue weighted by atomic mass is 16.5. The molecule has 2 heterocycles. The Morgan fingerprint density at radius 1 is 1.30 bits per heavy atom. The lowest BCUT2D eigenvalue weighted by Crippen LogP contribution is -2.37. The van der Waals surface area contributed by atoms with E-state index in [0.29, 0.717) is 12.1 Å². The molecule has 2 aliphatic heterocycles. The van der Waals surface area contributed by atoms with E-state index in [1.807, 2.05) is 18.0 Å². The zero-order valence-corrected chi connectivity index (χ0v) is 13.8. The van der Waals surface area contributed by atoms with E-state index in [9.17, 15) is 4.79 Å². The van der Waals surface area contributed by atoms with Crippen molar-refractivity contribution in [2.24, 2.45) is 0 Å². The average molecular weight is 317 g/mol. The first-order valence-corrected chi connectivity index (χ1v) is 8.66. The molecule has 3 rings (SSSR count). The summed E-state index contributed by atoms with van der Waals surface area (Å²) in [5, 5.41) is 0. The van der Waals surface area contributed by atoms with Gasteiger partial charge < -0.3 is 9.64 Å². The number of likely N-dealkylation sites (N-methyl/N-ethyl adjacent to an activating group) is 1. The minimum atomic E-state index is -0.200. The van der Waals surface area contributed by atoms with Gasteiger partial charge in [-0.1, -0.05) is 30.3 Å². The highest BCUT2D eigenvalue weighted by Gasteiger charge is 2.27. The van der Waals surface area contributed by atoms with Crippen molar-refractivity contribution < 1.29 is 9.53 Å². The van der Waals surface area contributed by atoms with Crippen molar-refractivity contribution in [3.05, 3.63) is 35.9 Å². The summed E-state index contributed by atoms with van der Waals surface area (Å²) < 4.78 is 5.47. The number of amides is 1. The standard InChI is InChI=1S/C18H27N3O2/c1-21(18(22)17-10-6-12-23-17)11-5-9-15-13-16(20-19-15)14-7-3-2-4-8-14/h2-4,7-8,15-17,19-20H,5-6,9-13H2,1H3. The third-order valence-electron chi connectivity index (χ3n) is 4.81. The minimum absolute atomic E-state index is 0.141. The SMILES string of the molecule is CN(CCCC1CC(c2ccccc2)NN1)C(=O)C1CCCO1. The highest BCUT2D eigenvalue weighted by molar-refractivity contribution is 5.80. The maximum atomic E-state index is 12.2. The maximum absolute atomic E-state index is 12.2. The van der Waals surface area contributed by atoms with Crippen LogP contribution < -0.4 is 10.9 Å². The van der Waals surface area contributed by atoms with Gasteiger partial charge in [0.1, 0.15) is 6.10 Å². The number of hydrogen-bond donors (Lipinski definition) is 2. The number of carbonyl (C=O) groups excluding carboxylic acids is 1. The van der Waals surface area contributed by atoms with Crippen LogP contribution in [0.15, 0.2) is 30.3 Å². The topological polar surface area (TPSA) is 53.6 Å². The molecule has 2 N–H and O–H groups in total. The number of hydrogen-bond acceptors (Lipinski definition) is 4. The van der Waals surface area contributed by atoms with Gasteiger partial charge in [0.2, 0.25) is 0 Å². The van der Waals surface area contributed by atoms with Crippen molar-refractivity contribution in [3.8, 4) is 0 Å². The Morgan fingerprint density at radius 3 is 2.87 bits per heavy atom. The number of ether oxygens (including phenoxy) is 1. The minimum Gasteiger partial charge on any atom is -0.368 e. The molecule has 3 unspecified atom stereocenters. The van der Waals surface area contributed by atoms with E-state index in [0.717, 1.165) is 45.3 Å². The predicted molar refractivity (Wildman–Crippen MR) is 89.7 cm³/mol. The summed E-state index contributed by atoms with van der Waals surface area (Å²) in [7, 11) is 1.89. The van der Waals surface area contributed by atoms with Crippen molar-refractivity contribution in [3.63, 3.8) is 0 Å². The Kier molecular flexibility index (Phi) is 5.65. The zero-order chi connectivity index (χ0) is 16.1. The van der Waals surface area contributed by atoms with Crippen molar-refractivity contribution in [1.29, 1.82) is 0 Å². The molecule has 0 radical (unpaired) electrons. The van der Waals surface area contributed by atoms with Crippen LogP contribution >= 0.6 is 0 Å². The molecule has 1 aromatic rings. The number of nitrogens with zero attached hydrogens (tertiary/aromatic N) is 1. The first kappa shape index (κ1) is 16.4. The second-order valence-electron chi connectivity index (χ2n) is 6.59. The average Bonchev–Trinajstić information content (AvgIpc) is 3.27. The normalized spacial score (nSPS) is 27.3. The molecule has 1 aromatic carbocycles. The van der Waals surface area contributed by atoms with Gasteiger partial charge in [-0.15, -0.1) is 0 Å². The predicted octanol–water partition coefficient (Wildman–Crippen LogP) is 2.01. The molecule has 2 aliphatic rings. The number of benzene rings is 1. The molecular formula is C18H27N3O2. The van der Waals surface area contributed by atoms with Crippen molar-refractivity contribution >= 4 is 5.91 Å². The van der Waals surface area contributed by atoms with Gasteiger partial charge in [0, 0.05) is 32.3 Å². The van der Waals surface area contributed by atoms with Crippen LogP contribution in [-0.2, 0) is 9.53 Å². The van der Waals surface area contributed by atoms with E-state index < -0.39 is 0 Å². The number of nitrogens with one attached hydrogen (secondary N) is 2. The third-order valence-corrected chi connectivity index (χ3v) is 4.81. The maximum Gasteiger partial charge on any atom is 0.251 e. The summed E-state index contributed by atoms with van der Waals surface area (Å²) in [5.74, 6) is 0.141. The summed E-state index contributed by atoms with van der Waals surface area (Å²) in [6, 6.07) is 11.4. The van der Waals surface area contributed by atoms with Crippen LogP contribution in [0, 0.1) is 0 Å². The van der Waals surface area contributed by atoms with E-state index in [-0.39, 0.29) is 12.0 Å². The Labute approximate surface area is 138 Å². The monoisotopic (exact) mass is 317 g/mol. The smallest absolute Gasteiger partial charge is 0.251 e. The van der Waals surface area contributed by atoms with Crippen LogP contribution in [0.3, 0.4) is 0 Å². The summed E-state index contributed by atoms with van der Waals surface area (Å²) in [4.78, 5) is 14.0. The van der Waals surface area contributed by atoms with Crippen molar-refractivity contribution in [2.75, 3.05) is 20.2 Å². The Balaban J connectivity index is 1.37. The van der Waals surface area contributed by atoms with Gasteiger partial charge in [-0.3, -0.25) is 15.6 Å². The van der Waals surface area contributed by atoms with Crippen LogP contribution in [0.25, 0.3) is 0 Å². The van der Waals surface area contributed by atoms with Gasteiger partial charge in [0.25, 0.3) is 5.91 Å². The molecule has 3 atom stereocenters. The molecule has 0 saturated carbocycles. The second-order valence-corrected chi connectivity index (χ2v) is 6.59. The van der Waals surface area contributed by atoms with E-state index in [2.05, 4.69) is 35.1 Å². The lowest BCUT2D eigenvalue weighted by molar-refractivity contribution is -0.139.